The van der Waals surface area contributed by atoms with E-state index in [2.05, 4.69) is 15.0 Å². The first-order valence-electron chi connectivity index (χ1n) is 6.15. The lowest BCUT2D eigenvalue weighted by molar-refractivity contribution is 0.0600. The molecule has 6 heteroatoms. The summed E-state index contributed by atoms with van der Waals surface area (Å²) < 4.78 is 4.63. The third kappa shape index (κ3) is 3.36. The highest BCUT2D eigenvalue weighted by molar-refractivity contribution is 6.05. The molecule has 0 radical (unpaired) electrons. The summed E-state index contributed by atoms with van der Waals surface area (Å²) in [7, 11) is 1.31. The van der Waals surface area contributed by atoms with Gasteiger partial charge in [-0.15, -0.1) is 0 Å². The van der Waals surface area contributed by atoms with Gasteiger partial charge in [-0.25, -0.2) is 4.79 Å². The molecule has 0 aliphatic carbocycles. The zero-order chi connectivity index (χ0) is 15.4. The predicted octanol–water partition coefficient (Wildman–Crippen LogP) is 2.13. The Bertz CT molecular complexity index is 698. The summed E-state index contributed by atoms with van der Waals surface area (Å²) in [5, 5.41) is 12.0. The van der Waals surface area contributed by atoms with Gasteiger partial charge < -0.3 is 15.2 Å². The second kappa shape index (κ2) is 6.04. The molecule has 1 amide bonds. The summed E-state index contributed by atoms with van der Waals surface area (Å²) in [5.74, 6) is -0.916. The van der Waals surface area contributed by atoms with Crippen LogP contribution >= 0.6 is 0 Å². The van der Waals surface area contributed by atoms with Gasteiger partial charge in [0.05, 0.1) is 24.4 Å². The van der Waals surface area contributed by atoms with E-state index in [9.17, 15) is 14.7 Å². The molecular formula is C15H14N2O4. The summed E-state index contributed by atoms with van der Waals surface area (Å²) in [6, 6.07) is 6.13. The topological polar surface area (TPSA) is 88.5 Å². The number of ether oxygens (including phenoxy) is 1. The molecule has 1 aromatic carbocycles. The Labute approximate surface area is 121 Å². The van der Waals surface area contributed by atoms with Crippen molar-refractivity contribution in [1.82, 2.24) is 4.98 Å². The Kier molecular flexibility index (Phi) is 4.18. The van der Waals surface area contributed by atoms with Gasteiger partial charge in [-0.2, -0.15) is 0 Å². The van der Waals surface area contributed by atoms with Crippen LogP contribution in [0.4, 0.5) is 5.69 Å². The molecule has 0 bridgehead atoms. The third-order valence-corrected chi connectivity index (χ3v) is 2.88. The third-order valence-electron chi connectivity index (χ3n) is 2.88. The standard InChI is InChI=1S/C15H14N2O4/c1-9-5-10(15(20)21-2)3-4-13(9)17-14(19)11-6-12(18)8-16-7-11/h3-8,18H,1-2H3,(H,17,19). The van der Waals surface area contributed by atoms with E-state index < -0.39 is 11.9 Å². The highest BCUT2D eigenvalue weighted by atomic mass is 16.5. The molecule has 1 aromatic heterocycles. The lowest BCUT2D eigenvalue weighted by Crippen LogP contribution is -2.13. The number of aromatic hydroxyl groups is 1. The van der Waals surface area contributed by atoms with Crippen LogP contribution < -0.4 is 5.32 Å². The first kappa shape index (κ1) is 14.5. The van der Waals surface area contributed by atoms with Crippen LogP contribution in [0.2, 0.25) is 0 Å². The van der Waals surface area contributed by atoms with Gasteiger partial charge in [0.2, 0.25) is 0 Å². The van der Waals surface area contributed by atoms with Gasteiger partial charge in [0.25, 0.3) is 5.91 Å². The quantitative estimate of drug-likeness (QED) is 0.844. The van der Waals surface area contributed by atoms with Crippen LogP contribution in [0.5, 0.6) is 5.75 Å². The number of nitrogens with one attached hydrogen (secondary N) is 1. The molecule has 0 aliphatic rings. The number of hydrogen-bond donors (Lipinski definition) is 2. The van der Waals surface area contributed by atoms with Crippen LogP contribution in [0.25, 0.3) is 0 Å². The first-order chi connectivity index (χ1) is 10.0. The van der Waals surface area contributed by atoms with Crippen molar-refractivity contribution in [2.75, 3.05) is 12.4 Å². The van der Waals surface area contributed by atoms with Crippen LogP contribution in [0.15, 0.2) is 36.7 Å². The van der Waals surface area contributed by atoms with E-state index in [1.807, 2.05) is 0 Å². The highest BCUT2D eigenvalue weighted by Gasteiger charge is 2.11. The number of carbonyl (C=O) groups is 2. The molecule has 2 aromatic rings. The van der Waals surface area contributed by atoms with Crippen molar-refractivity contribution < 1.29 is 19.4 Å². The molecule has 21 heavy (non-hydrogen) atoms. The van der Waals surface area contributed by atoms with Gasteiger partial charge >= 0.3 is 5.97 Å². The largest absolute Gasteiger partial charge is 0.506 e. The fourth-order valence-corrected chi connectivity index (χ4v) is 1.80. The summed E-state index contributed by atoms with van der Waals surface area (Å²) in [6.45, 7) is 1.77. The molecule has 0 saturated carbocycles. The second-order valence-electron chi connectivity index (χ2n) is 4.41. The normalized spacial score (nSPS) is 10.0. The number of benzene rings is 1. The average molecular weight is 286 g/mol. The monoisotopic (exact) mass is 286 g/mol. The molecule has 1 heterocycles. The highest BCUT2D eigenvalue weighted by Crippen LogP contribution is 2.18. The maximum Gasteiger partial charge on any atom is 0.337 e. The smallest absolute Gasteiger partial charge is 0.337 e. The van der Waals surface area contributed by atoms with E-state index in [4.69, 9.17) is 0 Å². The van der Waals surface area contributed by atoms with E-state index in [1.165, 1.54) is 25.6 Å². The minimum absolute atomic E-state index is 0.0830. The maximum absolute atomic E-state index is 12.0. The van der Waals surface area contributed by atoms with Crippen LogP contribution in [0.1, 0.15) is 26.3 Å². The zero-order valence-corrected chi connectivity index (χ0v) is 11.6. The zero-order valence-electron chi connectivity index (χ0n) is 11.6. The molecule has 0 atom stereocenters. The molecule has 0 aliphatic heterocycles. The molecule has 0 unspecified atom stereocenters. The fraction of sp³-hybridized carbons (Fsp3) is 0.133. The number of nitrogens with zero attached hydrogens (tertiary/aromatic N) is 1. The van der Waals surface area contributed by atoms with Crippen molar-refractivity contribution in [3.63, 3.8) is 0 Å². The SMILES string of the molecule is COC(=O)c1ccc(NC(=O)c2cncc(O)c2)c(C)c1. The number of aromatic nitrogens is 1. The van der Waals surface area contributed by atoms with E-state index in [0.29, 0.717) is 11.3 Å². The Morgan fingerprint density at radius 2 is 1.95 bits per heavy atom. The van der Waals surface area contributed by atoms with Crippen molar-refractivity contribution in [2.45, 2.75) is 6.92 Å². The number of amides is 1. The Morgan fingerprint density at radius 3 is 2.57 bits per heavy atom. The molecule has 2 rings (SSSR count). The van der Waals surface area contributed by atoms with Crippen molar-refractivity contribution in [3.05, 3.63) is 53.3 Å². The van der Waals surface area contributed by atoms with Crippen LogP contribution in [-0.2, 0) is 4.74 Å². The van der Waals surface area contributed by atoms with Gasteiger partial charge in [-0.1, -0.05) is 0 Å². The number of rotatable bonds is 3. The Morgan fingerprint density at radius 1 is 1.19 bits per heavy atom. The number of anilines is 1. The summed E-state index contributed by atoms with van der Waals surface area (Å²) in [4.78, 5) is 27.2. The van der Waals surface area contributed by atoms with Crippen LogP contribution in [0, 0.1) is 6.92 Å². The number of pyridine rings is 1. The predicted molar refractivity (Wildman–Crippen MR) is 76.4 cm³/mol. The summed E-state index contributed by atoms with van der Waals surface area (Å²) >= 11 is 0. The van der Waals surface area contributed by atoms with E-state index >= 15 is 0 Å². The van der Waals surface area contributed by atoms with E-state index in [1.54, 1.807) is 25.1 Å². The van der Waals surface area contributed by atoms with Crippen LogP contribution in [0.3, 0.4) is 0 Å². The summed E-state index contributed by atoms with van der Waals surface area (Å²) in [5.41, 5.74) is 1.94. The summed E-state index contributed by atoms with van der Waals surface area (Å²) in [6.07, 6.45) is 2.60. The molecule has 6 nitrogen and oxygen atoms in total. The Balaban J connectivity index is 2.20. The average Bonchev–Trinajstić information content (AvgIpc) is 2.48. The molecule has 2 N–H and O–H groups in total. The number of methoxy groups -OCH3 is 1. The fourth-order valence-electron chi connectivity index (χ4n) is 1.80. The van der Waals surface area contributed by atoms with Crippen molar-refractivity contribution >= 4 is 17.6 Å². The van der Waals surface area contributed by atoms with Gasteiger partial charge in [-0.3, -0.25) is 9.78 Å². The number of carbonyl (C=O) groups excluding carboxylic acids is 2. The molecular weight excluding hydrogens is 272 g/mol. The Hall–Kier alpha value is -2.89. The minimum atomic E-state index is -0.437. The molecule has 0 saturated heterocycles. The molecule has 0 fully saturated rings. The lowest BCUT2D eigenvalue weighted by atomic mass is 10.1. The lowest BCUT2D eigenvalue weighted by Gasteiger charge is -2.09. The maximum atomic E-state index is 12.0. The van der Waals surface area contributed by atoms with Crippen molar-refractivity contribution in [2.24, 2.45) is 0 Å². The van der Waals surface area contributed by atoms with E-state index in [-0.39, 0.29) is 11.3 Å². The molecule has 108 valence electrons. The number of esters is 1. The number of hydrogen-bond acceptors (Lipinski definition) is 5. The van der Waals surface area contributed by atoms with Crippen molar-refractivity contribution in [1.29, 1.82) is 0 Å². The molecule has 0 spiro atoms. The first-order valence-corrected chi connectivity index (χ1v) is 6.15. The number of aryl methyl sites for hydroxylation is 1. The minimum Gasteiger partial charge on any atom is -0.506 e. The van der Waals surface area contributed by atoms with Gasteiger partial charge in [0, 0.05) is 11.9 Å². The van der Waals surface area contributed by atoms with Gasteiger partial charge in [-0.05, 0) is 36.8 Å². The van der Waals surface area contributed by atoms with Crippen molar-refractivity contribution in [3.8, 4) is 5.75 Å². The van der Waals surface area contributed by atoms with Gasteiger partial charge in [0.1, 0.15) is 5.75 Å². The van der Waals surface area contributed by atoms with Gasteiger partial charge in [0.15, 0.2) is 0 Å². The second-order valence-corrected chi connectivity index (χ2v) is 4.41. The van der Waals surface area contributed by atoms with E-state index in [0.717, 1.165) is 5.56 Å². The van der Waals surface area contributed by atoms with Crippen LogP contribution in [-0.4, -0.2) is 29.1 Å².